The average Bonchev–Trinajstić information content (AvgIpc) is 3.20. The molecule has 1 fully saturated rings. The Bertz CT molecular complexity index is 1240. The number of aromatic nitrogens is 2. The molecule has 3 aromatic carbocycles. The molecule has 180 valence electrons. The summed E-state index contributed by atoms with van der Waals surface area (Å²) >= 11 is 0. The second kappa shape index (κ2) is 10.4. The number of carboxylic acids is 1. The van der Waals surface area contributed by atoms with Gasteiger partial charge in [-0.15, -0.1) is 0 Å². The minimum atomic E-state index is -0.793. The Labute approximate surface area is 206 Å². The summed E-state index contributed by atoms with van der Waals surface area (Å²) in [6, 6.07) is 28.3. The number of nitrogens with zero attached hydrogens (tertiary/aromatic N) is 4. The zero-order valence-electron chi connectivity index (χ0n) is 20.2. The highest BCUT2D eigenvalue weighted by Gasteiger charge is 2.26. The smallest absolute Gasteiger partial charge is 0.303 e. The second-order valence-electron chi connectivity index (χ2n) is 9.34. The van der Waals surface area contributed by atoms with Crippen molar-refractivity contribution in [1.29, 1.82) is 0 Å². The number of benzene rings is 3. The topological polar surface area (TPSA) is 61.6 Å². The minimum Gasteiger partial charge on any atom is -0.481 e. The highest BCUT2D eigenvalue weighted by molar-refractivity contribution is 5.77. The summed E-state index contributed by atoms with van der Waals surface area (Å²) in [6.07, 6.45) is 0.545. The third kappa shape index (κ3) is 5.29. The molecule has 1 N–H and O–H groups in total. The second-order valence-corrected chi connectivity index (χ2v) is 9.34. The van der Waals surface area contributed by atoms with Gasteiger partial charge in [0.2, 0.25) is 0 Å². The average molecular weight is 469 g/mol. The van der Waals surface area contributed by atoms with Crippen LogP contribution in [0.5, 0.6) is 0 Å². The van der Waals surface area contributed by atoms with Crippen molar-refractivity contribution in [3.8, 4) is 0 Å². The predicted molar refractivity (Wildman–Crippen MR) is 138 cm³/mol. The normalized spacial score (nSPS) is 15.1. The third-order valence-corrected chi connectivity index (χ3v) is 7.01. The number of fused-ring (bicyclic) bond motifs is 1. The van der Waals surface area contributed by atoms with E-state index in [1.807, 2.05) is 11.6 Å². The SMILES string of the molecule is Cn1c(CCC(=O)O)nc2cc(CN3CCN(C(c4ccccc4)c4ccccc4)CC3)ccc21. The van der Waals surface area contributed by atoms with Crippen molar-refractivity contribution >= 4 is 17.0 Å². The molecule has 6 heteroatoms. The number of carbonyl (C=O) groups is 1. The molecule has 0 saturated carbocycles. The molecule has 1 aromatic heterocycles. The van der Waals surface area contributed by atoms with Gasteiger partial charge in [0.25, 0.3) is 0 Å². The van der Waals surface area contributed by atoms with E-state index in [1.54, 1.807) is 0 Å². The summed E-state index contributed by atoms with van der Waals surface area (Å²) < 4.78 is 2.01. The number of hydrogen-bond donors (Lipinski definition) is 1. The van der Waals surface area contributed by atoms with Crippen molar-refractivity contribution in [2.45, 2.75) is 25.4 Å². The van der Waals surface area contributed by atoms with Crippen LogP contribution in [0.15, 0.2) is 78.9 Å². The Morgan fingerprint density at radius 3 is 2.14 bits per heavy atom. The molecule has 2 heterocycles. The van der Waals surface area contributed by atoms with Crippen LogP contribution in [0.1, 0.15) is 35.0 Å². The van der Waals surface area contributed by atoms with Crippen LogP contribution in [0.4, 0.5) is 0 Å². The Hall–Kier alpha value is -3.48. The minimum absolute atomic E-state index is 0.0985. The van der Waals surface area contributed by atoms with Gasteiger partial charge in [-0.25, -0.2) is 4.98 Å². The Kier molecular flexibility index (Phi) is 6.93. The first kappa shape index (κ1) is 23.3. The first-order chi connectivity index (χ1) is 17.1. The van der Waals surface area contributed by atoms with Gasteiger partial charge in [0.1, 0.15) is 5.82 Å². The van der Waals surface area contributed by atoms with E-state index in [4.69, 9.17) is 10.1 Å². The molecule has 5 rings (SSSR count). The molecular formula is C29H32N4O2. The first-order valence-corrected chi connectivity index (χ1v) is 12.3. The fraction of sp³-hybridized carbons (Fsp3) is 0.310. The zero-order valence-corrected chi connectivity index (χ0v) is 20.2. The molecule has 0 bridgehead atoms. The van der Waals surface area contributed by atoms with E-state index in [0.29, 0.717) is 6.42 Å². The molecule has 35 heavy (non-hydrogen) atoms. The molecule has 0 unspecified atom stereocenters. The maximum atomic E-state index is 11.0. The standard InChI is InChI=1S/C29H32N4O2/c1-31-26-13-12-22(20-25(26)30-27(31)14-15-28(34)35)21-32-16-18-33(19-17-32)29(23-8-4-2-5-9-23)24-10-6-3-7-11-24/h2-13,20,29H,14-19,21H2,1H3,(H,34,35). The Morgan fingerprint density at radius 2 is 1.54 bits per heavy atom. The lowest BCUT2D eigenvalue weighted by Crippen LogP contribution is -2.47. The van der Waals surface area contributed by atoms with E-state index < -0.39 is 5.97 Å². The third-order valence-electron chi connectivity index (χ3n) is 7.01. The van der Waals surface area contributed by atoms with Gasteiger partial charge in [0, 0.05) is 46.2 Å². The summed E-state index contributed by atoms with van der Waals surface area (Å²) in [4.78, 5) is 20.8. The van der Waals surface area contributed by atoms with Gasteiger partial charge in [0.15, 0.2) is 0 Å². The number of aliphatic carboxylic acids is 1. The van der Waals surface area contributed by atoms with Crippen LogP contribution in [0, 0.1) is 0 Å². The number of imidazole rings is 1. The molecule has 4 aromatic rings. The molecule has 0 aliphatic carbocycles. The summed E-state index contributed by atoms with van der Waals surface area (Å²) in [6.45, 7) is 4.95. The highest BCUT2D eigenvalue weighted by atomic mass is 16.4. The Morgan fingerprint density at radius 1 is 0.914 bits per heavy atom. The van der Waals surface area contributed by atoms with Crippen LogP contribution in [0.25, 0.3) is 11.0 Å². The number of carboxylic acid groups (broad SMARTS) is 1. The van der Waals surface area contributed by atoms with E-state index in [9.17, 15) is 4.79 Å². The lowest BCUT2D eigenvalue weighted by Gasteiger charge is -2.39. The molecular weight excluding hydrogens is 436 g/mol. The van der Waals surface area contributed by atoms with Crippen molar-refractivity contribution in [3.63, 3.8) is 0 Å². The van der Waals surface area contributed by atoms with Crippen LogP contribution in [0.3, 0.4) is 0 Å². The van der Waals surface area contributed by atoms with Gasteiger partial charge < -0.3 is 9.67 Å². The predicted octanol–water partition coefficient (Wildman–Crippen LogP) is 4.50. The maximum Gasteiger partial charge on any atom is 0.303 e. The number of rotatable bonds is 8. The number of piperazine rings is 1. The van der Waals surface area contributed by atoms with Gasteiger partial charge in [-0.05, 0) is 28.8 Å². The Balaban J connectivity index is 1.26. The van der Waals surface area contributed by atoms with Crippen molar-refractivity contribution < 1.29 is 9.90 Å². The number of hydrogen-bond acceptors (Lipinski definition) is 4. The van der Waals surface area contributed by atoms with Crippen molar-refractivity contribution in [2.24, 2.45) is 7.05 Å². The summed E-state index contributed by atoms with van der Waals surface area (Å²) in [5, 5.41) is 9.00. The van der Waals surface area contributed by atoms with Crippen molar-refractivity contribution in [3.05, 3.63) is 101 Å². The van der Waals surface area contributed by atoms with Gasteiger partial charge in [-0.2, -0.15) is 0 Å². The van der Waals surface area contributed by atoms with E-state index in [-0.39, 0.29) is 12.5 Å². The van der Waals surface area contributed by atoms with E-state index in [0.717, 1.165) is 49.6 Å². The zero-order chi connectivity index (χ0) is 24.2. The molecule has 0 spiro atoms. The van der Waals surface area contributed by atoms with Crippen LogP contribution in [-0.4, -0.2) is 56.6 Å². The molecule has 0 atom stereocenters. The van der Waals surface area contributed by atoms with Crippen LogP contribution >= 0.6 is 0 Å². The van der Waals surface area contributed by atoms with Gasteiger partial charge in [-0.3, -0.25) is 14.6 Å². The first-order valence-electron chi connectivity index (χ1n) is 12.3. The van der Waals surface area contributed by atoms with Gasteiger partial charge in [-0.1, -0.05) is 66.7 Å². The highest BCUT2D eigenvalue weighted by Crippen LogP contribution is 2.29. The van der Waals surface area contributed by atoms with Crippen LogP contribution in [-0.2, 0) is 24.8 Å². The van der Waals surface area contributed by atoms with Crippen molar-refractivity contribution in [2.75, 3.05) is 26.2 Å². The largest absolute Gasteiger partial charge is 0.481 e. The molecule has 1 aliphatic rings. The monoisotopic (exact) mass is 468 g/mol. The lowest BCUT2D eigenvalue weighted by molar-refractivity contribution is -0.137. The fourth-order valence-corrected chi connectivity index (χ4v) is 5.16. The summed E-state index contributed by atoms with van der Waals surface area (Å²) in [7, 11) is 1.96. The van der Waals surface area contributed by atoms with E-state index >= 15 is 0 Å². The van der Waals surface area contributed by atoms with Gasteiger partial charge >= 0.3 is 5.97 Å². The maximum absolute atomic E-state index is 11.0. The van der Waals surface area contributed by atoms with Crippen LogP contribution in [0.2, 0.25) is 0 Å². The van der Waals surface area contributed by atoms with E-state index in [2.05, 4.69) is 88.7 Å². The molecule has 0 amide bonds. The number of aryl methyl sites for hydroxylation is 2. The van der Waals surface area contributed by atoms with Gasteiger partial charge in [0.05, 0.1) is 23.5 Å². The summed E-state index contributed by atoms with van der Waals surface area (Å²) in [5.41, 5.74) is 5.92. The molecule has 1 saturated heterocycles. The lowest BCUT2D eigenvalue weighted by atomic mass is 9.96. The van der Waals surface area contributed by atoms with Crippen molar-refractivity contribution in [1.82, 2.24) is 19.4 Å². The quantitative estimate of drug-likeness (QED) is 0.413. The molecule has 1 aliphatic heterocycles. The van der Waals surface area contributed by atoms with E-state index in [1.165, 1.54) is 16.7 Å². The molecule has 6 nitrogen and oxygen atoms in total. The summed E-state index contributed by atoms with van der Waals surface area (Å²) in [5.74, 6) is 0.0275. The van der Waals surface area contributed by atoms with Crippen LogP contribution < -0.4 is 0 Å². The fourth-order valence-electron chi connectivity index (χ4n) is 5.16. The molecule has 0 radical (unpaired) electrons.